The fourth-order valence-corrected chi connectivity index (χ4v) is 5.36. The third-order valence-corrected chi connectivity index (χ3v) is 6.68. The fraction of sp³-hybridized carbons (Fsp3) is 0.600. The number of nitrogens with two attached hydrogens (primary N) is 1. The van der Waals surface area contributed by atoms with E-state index in [1.807, 2.05) is 6.92 Å². The maximum absolute atomic E-state index is 12.4. The highest BCUT2D eigenvalue weighted by Crippen LogP contribution is 2.31. The van der Waals surface area contributed by atoms with Gasteiger partial charge in [0.25, 0.3) is 10.0 Å². The summed E-state index contributed by atoms with van der Waals surface area (Å²) in [6.07, 6.45) is 1.42. The molecule has 1 aliphatic heterocycles. The molecule has 1 saturated heterocycles. The van der Waals surface area contributed by atoms with E-state index in [1.54, 1.807) is 12.1 Å². The number of halogens is 1. The van der Waals surface area contributed by atoms with E-state index in [-0.39, 0.29) is 12.1 Å². The Labute approximate surface area is 110 Å². The van der Waals surface area contributed by atoms with Gasteiger partial charge in [-0.3, -0.25) is 0 Å². The minimum Gasteiger partial charge on any atom is -0.328 e. The van der Waals surface area contributed by atoms with Crippen LogP contribution in [0.3, 0.4) is 0 Å². The molecule has 2 rings (SSSR count). The molecule has 0 radical (unpaired) electrons. The van der Waals surface area contributed by atoms with Crippen LogP contribution in [0.25, 0.3) is 0 Å². The normalized spacial score (nSPS) is 27.2. The fourth-order valence-electron chi connectivity index (χ4n) is 2.10. The van der Waals surface area contributed by atoms with E-state index < -0.39 is 10.0 Å². The van der Waals surface area contributed by atoms with E-state index in [0.717, 1.165) is 11.3 Å². The van der Waals surface area contributed by atoms with Crippen molar-refractivity contribution in [2.75, 3.05) is 6.54 Å². The van der Waals surface area contributed by atoms with Crippen LogP contribution in [-0.2, 0) is 10.0 Å². The Kier molecular flexibility index (Phi) is 3.80. The van der Waals surface area contributed by atoms with Crippen molar-refractivity contribution in [3.63, 3.8) is 0 Å². The van der Waals surface area contributed by atoms with Crippen molar-refractivity contribution in [2.45, 2.75) is 36.1 Å². The SMILES string of the molecule is C[C@H]1C[C@H](N)CCN1S(=O)(=O)c1ccc(Cl)s1. The topological polar surface area (TPSA) is 63.4 Å². The van der Waals surface area contributed by atoms with Gasteiger partial charge in [0.05, 0.1) is 4.34 Å². The van der Waals surface area contributed by atoms with Crippen LogP contribution in [0.2, 0.25) is 4.34 Å². The highest BCUT2D eigenvalue weighted by Gasteiger charge is 2.34. The van der Waals surface area contributed by atoms with Crippen LogP contribution in [0.4, 0.5) is 0 Å². The van der Waals surface area contributed by atoms with Gasteiger partial charge in [-0.25, -0.2) is 8.42 Å². The van der Waals surface area contributed by atoms with Crippen molar-refractivity contribution in [3.8, 4) is 0 Å². The van der Waals surface area contributed by atoms with Crippen LogP contribution < -0.4 is 5.73 Å². The molecule has 1 aromatic rings. The standard InChI is InChI=1S/C10H15ClN2O2S2/c1-7-6-8(12)4-5-13(7)17(14,15)10-3-2-9(11)16-10/h2-3,7-8H,4-6,12H2,1H3/t7-,8+/m0/s1. The summed E-state index contributed by atoms with van der Waals surface area (Å²) in [5.74, 6) is 0. The van der Waals surface area contributed by atoms with Crippen LogP contribution >= 0.6 is 22.9 Å². The molecule has 1 fully saturated rings. The van der Waals surface area contributed by atoms with Gasteiger partial charge in [0.15, 0.2) is 0 Å². The summed E-state index contributed by atoms with van der Waals surface area (Å²) in [6, 6.07) is 3.22. The van der Waals surface area contributed by atoms with Gasteiger partial charge >= 0.3 is 0 Å². The molecule has 4 nitrogen and oxygen atoms in total. The number of sulfonamides is 1. The molecule has 1 aliphatic rings. The predicted octanol–water partition coefficient (Wildman–Crippen LogP) is 1.90. The van der Waals surface area contributed by atoms with Gasteiger partial charge in [-0.1, -0.05) is 11.6 Å². The Morgan fingerprint density at radius 2 is 2.24 bits per heavy atom. The Morgan fingerprint density at radius 3 is 2.76 bits per heavy atom. The van der Waals surface area contributed by atoms with E-state index in [9.17, 15) is 8.42 Å². The van der Waals surface area contributed by atoms with Crippen LogP contribution in [0.1, 0.15) is 19.8 Å². The molecule has 0 aromatic carbocycles. The van der Waals surface area contributed by atoms with Gasteiger partial charge in [-0.2, -0.15) is 4.31 Å². The van der Waals surface area contributed by atoms with Crippen LogP contribution in [-0.4, -0.2) is 31.4 Å². The molecule has 2 atom stereocenters. The first kappa shape index (κ1) is 13.3. The van der Waals surface area contributed by atoms with Gasteiger partial charge in [0.2, 0.25) is 0 Å². The maximum atomic E-state index is 12.4. The Balaban J connectivity index is 2.27. The van der Waals surface area contributed by atoms with Gasteiger partial charge in [0, 0.05) is 18.6 Å². The molecular formula is C10H15ClN2O2S2. The molecule has 0 amide bonds. The number of nitrogens with zero attached hydrogens (tertiary/aromatic N) is 1. The third-order valence-electron chi connectivity index (χ3n) is 2.97. The number of hydrogen-bond acceptors (Lipinski definition) is 4. The molecule has 0 bridgehead atoms. The Hall–Kier alpha value is -0.140. The molecule has 96 valence electrons. The molecule has 2 heterocycles. The van der Waals surface area contributed by atoms with Crippen molar-refractivity contribution in [1.29, 1.82) is 0 Å². The first-order valence-electron chi connectivity index (χ1n) is 5.44. The summed E-state index contributed by atoms with van der Waals surface area (Å²) in [6.45, 7) is 2.38. The van der Waals surface area contributed by atoms with Gasteiger partial charge in [-0.05, 0) is 31.9 Å². The minimum atomic E-state index is -3.40. The summed E-state index contributed by atoms with van der Waals surface area (Å²) < 4.78 is 27.0. The van der Waals surface area contributed by atoms with Gasteiger partial charge in [0.1, 0.15) is 4.21 Å². The predicted molar refractivity (Wildman–Crippen MR) is 69.9 cm³/mol. The number of hydrogen-bond donors (Lipinski definition) is 1. The molecule has 0 saturated carbocycles. The zero-order chi connectivity index (χ0) is 12.6. The van der Waals surface area contributed by atoms with Crippen LogP contribution in [0.15, 0.2) is 16.3 Å². The van der Waals surface area contributed by atoms with E-state index in [0.29, 0.717) is 27.9 Å². The molecule has 7 heteroatoms. The molecule has 0 aliphatic carbocycles. The lowest BCUT2D eigenvalue weighted by Gasteiger charge is -2.34. The van der Waals surface area contributed by atoms with E-state index >= 15 is 0 Å². The van der Waals surface area contributed by atoms with Crippen molar-refractivity contribution in [2.24, 2.45) is 5.73 Å². The zero-order valence-electron chi connectivity index (χ0n) is 9.47. The van der Waals surface area contributed by atoms with Gasteiger partial charge in [-0.15, -0.1) is 11.3 Å². The highest BCUT2D eigenvalue weighted by molar-refractivity contribution is 7.91. The summed E-state index contributed by atoms with van der Waals surface area (Å²) in [4.78, 5) is 0. The number of thiophene rings is 1. The smallest absolute Gasteiger partial charge is 0.252 e. The summed E-state index contributed by atoms with van der Waals surface area (Å²) in [5, 5.41) is 0. The summed E-state index contributed by atoms with van der Waals surface area (Å²) in [7, 11) is -3.40. The monoisotopic (exact) mass is 294 g/mol. The zero-order valence-corrected chi connectivity index (χ0v) is 11.9. The molecular weight excluding hydrogens is 280 g/mol. The quantitative estimate of drug-likeness (QED) is 0.906. The lowest BCUT2D eigenvalue weighted by Crippen LogP contribution is -2.48. The van der Waals surface area contributed by atoms with E-state index in [4.69, 9.17) is 17.3 Å². The van der Waals surface area contributed by atoms with Crippen LogP contribution in [0, 0.1) is 0 Å². The summed E-state index contributed by atoms with van der Waals surface area (Å²) >= 11 is 6.88. The van der Waals surface area contributed by atoms with E-state index in [2.05, 4.69) is 0 Å². The lowest BCUT2D eigenvalue weighted by molar-refractivity contribution is 0.247. The molecule has 0 unspecified atom stereocenters. The molecule has 0 spiro atoms. The third kappa shape index (κ3) is 2.66. The number of piperidine rings is 1. The first-order valence-corrected chi connectivity index (χ1v) is 8.07. The maximum Gasteiger partial charge on any atom is 0.252 e. The second-order valence-electron chi connectivity index (χ2n) is 4.31. The molecule has 1 aromatic heterocycles. The van der Waals surface area contributed by atoms with Crippen molar-refractivity contribution in [1.82, 2.24) is 4.31 Å². The second-order valence-corrected chi connectivity index (χ2v) is 8.14. The molecule has 17 heavy (non-hydrogen) atoms. The van der Waals surface area contributed by atoms with Crippen LogP contribution in [0.5, 0.6) is 0 Å². The lowest BCUT2D eigenvalue weighted by atomic mass is 10.0. The second kappa shape index (κ2) is 4.85. The van der Waals surface area contributed by atoms with Crippen molar-refractivity contribution >= 4 is 33.0 Å². The average molecular weight is 295 g/mol. The highest BCUT2D eigenvalue weighted by atomic mass is 35.5. The van der Waals surface area contributed by atoms with Crippen molar-refractivity contribution in [3.05, 3.63) is 16.5 Å². The first-order chi connectivity index (χ1) is 7.91. The molecule has 2 N–H and O–H groups in total. The minimum absolute atomic E-state index is 0.0513. The van der Waals surface area contributed by atoms with Crippen molar-refractivity contribution < 1.29 is 8.42 Å². The van der Waals surface area contributed by atoms with Gasteiger partial charge < -0.3 is 5.73 Å². The Morgan fingerprint density at radius 1 is 1.53 bits per heavy atom. The van der Waals surface area contributed by atoms with E-state index in [1.165, 1.54) is 4.31 Å². The summed E-state index contributed by atoms with van der Waals surface area (Å²) in [5.41, 5.74) is 5.83. The Bertz CT molecular complexity index is 500. The largest absolute Gasteiger partial charge is 0.328 e. The average Bonchev–Trinajstić information content (AvgIpc) is 2.64. The number of rotatable bonds is 2.